The Kier molecular flexibility index (Phi) is 6.36. The van der Waals surface area contributed by atoms with Crippen molar-refractivity contribution < 1.29 is 27.4 Å². The molecule has 7 nitrogen and oxygen atoms in total. The van der Waals surface area contributed by atoms with Crippen LogP contribution in [-0.2, 0) is 14.8 Å². The average molecular weight is 374 g/mol. The molecular formula is C16H23FN2O5S. The van der Waals surface area contributed by atoms with Gasteiger partial charge in [-0.3, -0.25) is 4.79 Å². The molecule has 1 amide bonds. The molecule has 1 N–H and O–H groups in total. The number of rotatable bonds is 6. The van der Waals surface area contributed by atoms with Crippen LogP contribution >= 0.6 is 0 Å². The van der Waals surface area contributed by atoms with Crippen molar-refractivity contribution in [1.29, 1.82) is 0 Å². The van der Waals surface area contributed by atoms with E-state index in [2.05, 4.69) is 0 Å². The third-order valence-corrected chi connectivity index (χ3v) is 5.74. The number of phenols is 1. The number of piperazine rings is 1. The summed E-state index contributed by atoms with van der Waals surface area (Å²) >= 11 is 0. The van der Waals surface area contributed by atoms with Gasteiger partial charge in [-0.15, -0.1) is 0 Å². The van der Waals surface area contributed by atoms with Crippen LogP contribution in [0.15, 0.2) is 18.2 Å². The number of amides is 1. The van der Waals surface area contributed by atoms with E-state index < -0.39 is 27.5 Å². The maximum atomic E-state index is 13.0. The molecule has 25 heavy (non-hydrogen) atoms. The highest BCUT2D eigenvalue weighted by molar-refractivity contribution is 7.89. The molecule has 1 saturated heterocycles. The monoisotopic (exact) mass is 374 g/mol. The van der Waals surface area contributed by atoms with E-state index in [9.17, 15) is 22.7 Å². The minimum Gasteiger partial charge on any atom is -0.507 e. The van der Waals surface area contributed by atoms with Crippen molar-refractivity contribution in [3.63, 3.8) is 0 Å². The Morgan fingerprint density at radius 1 is 1.28 bits per heavy atom. The van der Waals surface area contributed by atoms with Crippen LogP contribution in [0.1, 0.15) is 24.2 Å². The van der Waals surface area contributed by atoms with Gasteiger partial charge in [0.2, 0.25) is 10.0 Å². The van der Waals surface area contributed by atoms with E-state index >= 15 is 0 Å². The van der Waals surface area contributed by atoms with Gasteiger partial charge in [-0.25, -0.2) is 12.8 Å². The van der Waals surface area contributed by atoms with Crippen LogP contribution in [0.25, 0.3) is 0 Å². The fourth-order valence-corrected chi connectivity index (χ4v) is 3.83. The van der Waals surface area contributed by atoms with Gasteiger partial charge >= 0.3 is 0 Å². The second kappa shape index (κ2) is 8.11. The highest BCUT2D eigenvalue weighted by Gasteiger charge is 2.29. The number of ether oxygens (including phenoxy) is 1. The normalized spacial score (nSPS) is 16.4. The van der Waals surface area contributed by atoms with E-state index in [1.807, 2.05) is 13.8 Å². The average Bonchev–Trinajstić information content (AvgIpc) is 2.54. The molecule has 0 aliphatic carbocycles. The van der Waals surface area contributed by atoms with E-state index in [1.165, 1.54) is 15.3 Å². The molecule has 0 unspecified atom stereocenters. The topological polar surface area (TPSA) is 87.2 Å². The molecular weight excluding hydrogens is 351 g/mol. The van der Waals surface area contributed by atoms with E-state index in [-0.39, 0.29) is 50.2 Å². The zero-order chi connectivity index (χ0) is 18.6. The van der Waals surface area contributed by atoms with Gasteiger partial charge in [-0.1, -0.05) is 0 Å². The highest BCUT2D eigenvalue weighted by atomic mass is 32.2. The van der Waals surface area contributed by atoms with Crippen molar-refractivity contribution >= 4 is 15.9 Å². The molecule has 0 bridgehead atoms. The third kappa shape index (κ3) is 5.13. The predicted octanol–water partition coefficient (Wildman–Crippen LogP) is 1.04. The maximum absolute atomic E-state index is 13.0. The molecule has 0 spiro atoms. The van der Waals surface area contributed by atoms with Gasteiger partial charge in [0.15, 0.2) is 0 Å². The number of sulfonamides is 1. The number of carbonyl (C=O) groups excluding carboxylic acids is 1. The third-order valence-electron chi connectivity index (χ3n) is 3.90. The van der Waals surface area contributed by atoms with E-state index in [0.29, 0.717) is 0 Å². The summed E-state index contributed by atoms with van der Waals surface area (Å²) in [6.07, 6.45) is -0.0342. The predicted molar refractivity (Wildman–Crippen MR) is 90.4 cm³/mol. The molecule has 1 aliphatic rings. The Labute approximate surface area is 147 Å². The van der Waals surface area contributed by atoms with Crippen LogP contribution in [0.2, 0.25) is 0 Å². The quantitative estimate of drug-likeness (QED) is 0.804. The lowest BCUT2D eigenvalue weighted by molar-refractivity contribution is 0.0690. The second-order valence-electron chi connectivity index (χ2n) is 6.09. The van der Waals surface area contributed by atoms with Gasteiger partial charge in [0.1, 0.15) is 11.6 Å². The molecule has 0 aromatic heterocycles. The SMILES string of the molecule is CC(C)OCCS(=O)(=O)N1CCN(C(=O)c2ccc(F)cc2O)CC1. The largest absolute Gasteiger partial charge is 0.507 e. The lowest BCUT2D eigenvalue weighted by Crippen LogP contribution is -2.51. The lowest BCUT2D eigenvalue weighted by Gasteiger charge is -2.34. The van der Waals surface area contributed by atoms with Crippen molar-refractivity contribution in [1.82, 2.24) is 9.21 Å². The van der Waals surface area contributed by atoms with Crippen molar-refractivity contribution in [3.05, 3.63) is 29.6 Å². The summed E-state index contributed by atoms with van der Waals surface area (Å²) in [6, 6.07) is 3.20. The zero-order valence-corrected chi connectivity index (χ0v) is 15.1. The number of hydrogen-bond acceptors (Lipinski definition) is 5. The summed E-state index contributed by atoms with van der Waals surface area (Å²) in [6.45, 7) is 4.57. The molecule has 0 atom stereocenters. The molecule has 2 rings (SSSR count). The Morgan fingerprint density at radius 3 is 2.48 bits per heavy atom. The first-order valence-electron chi connectivity index (χ1n) is 8.08. The number of phenolic OH excluding ortho intramolecular Hbond substituents is 1. The highest BCUT2D eigenvalue weighted by Crippen LogP contribution is 2.21. The van der Waals surface area contributed by atoms with E-state index in [4.69, 9.17) is 4.74 Å². The molecule has 1 aromatic rings. The van der Waals surface area contributed by atoms with Gasteiger partial charge in [0.25, 0.3) is 5.91 Å². The number of benzene rings is 1. The smallest absolute Gasteiger partial charge is 0.257 e. The van der Waals surface area contributed by atoms with Crippen molar-refractivity contribution in [2.45, 2.75) is 20.0 Å². The Morgan fingerprint density at radius 2 is 1.92 bits per heavy atom. The minimum absolute atomic E-state index is 0.00282. The first-order valence-corrected chi connectivity index (χ1v) is 9.69. The van der Waals surface area contributed by atoms with E-state index in [0.717, 1.165) is 12.1 Å². The second-order valence-corrected chi connectivity index (χ2v) is 8.18. The standard InChI is InChI=1S/C16H23FN2O5S/c1-12(2)24-9-10-25(22,23)19-7-5-18(6-8-19)16(21)14-4-3-13(17)11-15(14)20/h3-4,11-12,20H,5-10H2,1-2H3. The summed E-state index contributed by atoms with van der Waals surface area (Å²) in [5.74, 6) is -1.60. The zero-order valence-electron chi connectivity index (χ0n) is 14.3. The lowest BCUT2D eigenvalue weighted by atomic mass is 10.1. The number of hydrogen-bond donors (Lipinski definition) is 1. The van der Waals surface area contributed by atoms with Crippen LogP contribution in [0, 0.1) is 5.82 Å². The molecule has 1 aliphatic heterocycles. The molecule has 1 fully saturated rings. The Hall–Kier alpha value is -1.71. The Bertz CT molecular complexity index is 715. The number of nitrogens with zero attached hydrogens (tertiary/aromatic N) is 2. The number of halogens is 1. The molecule has 0 saturated carbocycles. The first kappa shape index (κ1) is 19.6. The molecule has 1 heterocycles. The summed E-state index contributed by atoms with van der Waals surface area (Å²) < 4.78 is 44.2. The minimum atomic E-state index is -3.44. The molecule has 1 aromatic carbocycles. The van der Waals surface area contributed by atoms with Crippen molar-refractivity contribution in [3.8, 4) is 5.75 Å². The summed E-state index contributed by atoms with van der Waals surface area (Å²) in [5.41, 5.74) is 0.00282. The first-order chi connectivity index (χ1) is 11.7. The van der Waals surface area contributed by atoms with Crippen LogP contribution in [0.3, 0.4) is 0 Å². The van der Waals surface area contributed by atoms with Crippen LogP contribution in [0.4, 0.5) is 4.39 Å². The van der Waals surface area contributed by atoms with Gasteiger partial charge in [0.05, 0.1) is 24.0 Å². The Balaban J connectivity index is 1.93. The van der Waals surface area contributed by atoms with Gasteiger partial charge in [0, 0.05) is 32.2 Å². The summed E-state index contributed by atoms with van der Waals surface area (Å²) in [7, 11) is -3.44. The summed E-state index contributed by atoms with van der Waals surface area (Å²) in [5, 5.41) is 9.71. The molecule has 140 valence electrons. The fraction of sp³-hybridized carbons (Fsp3) is 0.562. The van der Waals surface area contributed by atoms with Crippen molar-refractivity contribution in [2.24, 2.45) is 0 Å². The molecule has 0 radical (unpaired) electrons. The molecule has 9 heteroatoms. The van der Waals surface area contributed by atoms with Crippen LogP contribution in [-0.4, -0.2) is 73.3 Å². The van der Waals surface area contributed by atoms with Crippen molar-refractivity contribution in [2.75, 3.05) is 38.5 Å². The van der Waals surface area contributed by atoms with Crippen LogP contribution < -0.4 is 0 Å². The van der Waals surface area contributed by atoms with Gasteiger partial charge in [-0.05, 0) is 26.0 Å². The number of carbonyl (C=O) groups is 1. The maximum Gasteiger partial charge on any atom is 0.257 e. The fourth-order valence-electron chi connectivity index (χ4n) is 2.54. The van der Waals surface area contributed by atoms with Gasteiger partial charge < -0.3 is 14.7 Å². The van der Waals surface area contributed by atoms with Crippen LogP contribution in [0.5, 0.6) is 5.75 Å². The number of aromatic hydroxyl groups is 1. The summed E-state index contributed by atoms with van der Waals surface area (Å²) in [4.78, 5) is 13.8. The van der Waals surface area contributed by atoms with E-state index in [1.54, 1.807) is 0 Å². The van der Waals surface area contributed by atoms with Gasteiger partial charge in [-0.2, -0.15) is 4.31 Å².